The number of anilines is 2. The molecule has 0 fully saturated rings. The zero-order valence-electron chi connectivity index (χ0n) is 10.5. The number of carbonyl (C=O) groups is 1. The average molecular weight is 258 g/mol. The Morgan fingerprint density at radius 2 is 2.18 bits per heavy atom. The number of thiophene rings is 1. The second-order valence-corrected chi connectivity index (χ2v) is 4.78. The van der Waals surface area contributed by atoms with Crippen LogP contribution in [0.15, 0.2) is 0 Å². The highest BCUT2D eigenvalue weighted by molar-refractivity contribution is 7.19. The van der Waals surface area contributed by atoms with E-state index in [1.807, 2.05) is 6.92 Å². The van der Waals surface area contributed by atoms with E-state index in [0.29, 0.717) is 22.9 Å². The number of nitrogens with one attached hydrogen (secondary N) is 1. The van der Waals surface area contributed by atoms with Gasteiger partial charge in [-0.1, -0.05) is 0 Å². The van der Waals surface area contributed by atoms with Gasteiger partial charge in [-0.25, -0.2) is 0 Å². The summed E-state index contributed by atoms with van der Waals surface area (Å²) in [5.74, 6) is 0.474. The molecular weight excluding hydrogens is 240 g/mol. The number of Topliss-reactive ketones (excluding diaryl/α,β-unsaturated/α-hetero) is 1. The number of rotatable bonds is 6. The van der Waals surface area contributed by atoms with Gasteiger partial charge in [0.25, 0.3) is 0 Å². The van der Waals surface area contributed by atoms with Gasteiger partial charge in [-0.3, -0.25) is 4.79 Å². The Morgan fingerprint density at radius 1 is 1.53 bits per heavy atom. The summed E-state index contributed by atoms with van der Waals surface area (Å²) in [7, 11) is 3.17. The fourth-order valence-corrected chi connectivity index (χ4v) is 2.60. The molecule has 0 aliphatic carbocycles. The lowest BCUT2D eigenvalue weighted by Gasteiger charge is -2.13. The molecule has 1 atom stereocenters. The zero-order chi connectivity index (χ0) is 13.0. The molecule has 1 unspecified atom stereocenters. The molecule has 1 heterocycles. The highest BCUT2D eigenvalue weighted by Crippen LogP contribution is 2.42. The van der Waals surface area contributed by atoms with Crippen molar-refractivity contribution < 1.29 is 14.3 Å². The lowest BCUT2D eigenvalue weighted by atomic mass is 10.3. The van der Waals surface area contributed by atoms with Crippen LogP contribution in [0.25, 0.3) is 0 Å². The molecule has 1 aromatic rings. The van der Waals surface area contributed by atoms with Crippen LogP contribution in [0, 0.1) is 0 Å². The molecule has 1 aromatic heterocycles. The molecule has 0 saturated carbocycles. The van der Waals surface area contributed by atoms with Crippen LogP contribution in [0.3, 0.4) is 0 Å². The maximum atomic E-state index is 11.4. The summed E-state index contributed by atoms with van der Waals surface area (Å²) in [5.41, 5.74) is 6.26. The molecule has 0 aliphatic heterocycles. The van der Waals surface area contributed by atoms with Crippen LogP contribution >= 0.6 is 11.3 Å². The molecule has 0 saturated heterocycles. The number of hydrogen-bond acceptors (Lipinski definition) is 6. The maximum Gasteiger partial charge on any atom is 0.176 e. The largest absolute Gasteiger partial charge is 0.492 e. The van der Waals surface area contributed by atoms with Crippen LogP contribution in [0.2, 0.25) is 0 Å². The molecule has 96 valence electrons. The number of hydrogen-bond donors (Lipinski definition) is 2. The van der Waals surface area contributed by atoms with Gasteiger partial charge in [-0.05, 0) is 6.92 Å². The van der Waals surface area contributed by atoms with E-state index in [9.17, 15) is 4.79 Å². The maximum absolute atomic E-state index is 11.4. The van der Waals surface area contributed by atoms with Gasteiger partial charge >= 0.3 is 0 Å². The van der Waals surface area contributed by atoms with E-state index in [4.69, 9.17) is 15.2 Å². The zero-order valence-corrected chi connectivity index (χ0v) is 11.3. The second-order valence-electron chi connectivity index (χ2n) is 3.76. The molecule has 0 amide bonds. The summed E-state index contributed by atoms with van der Waals surface area (Å²) in [5, 5.41) is 3.98. The highest BCUT2D eigenvalue weighted by atomic mass is 32.1. The number of nitrogen functional groups attached to an aromatic ring is 1. The smallest absolute Gasteiger partial charge is 0.176 e. The SMILES string of the molecule is COCC(C)Nc1sc(C(C)=O)c(N)c1OC. The monoisotopic (exact) mass is 258 g/mol. The number of ketones is 1. The van der Waals surface area contributed by atoms with Crippen LogP contribution in [0.1, 0.15) is 23.5 Å². The molecule has 0 radical (unpaired) electrons. The van der Waals surface area contributed by atoms with Gasteiger partial charge in [-0.15, -0.1) is 11.3 Å². The Hall–Kier alpha value is -1.27. The summed E-state index contributed by atoms with van der Waals surface area (Å²) in [6, 6.07) is 0.117. The van der Waals surface area contributed by atoms with E-state index < -0.39 is 0 Å². The Morgan fingerprint density at radius 3 is 2.65 bits per heavy atom. The van der Waals surface area contributed by atoms with Crippen molar-refractivity contribution in [3.05, 3.63) is 4.88 Å². The lowest BCUT2D eigenvalue weighted by molar-refractivity contribution is 0.102. The molecule has 1 rings (SSSR count). The Labute approximate surface area is 105 Å². The normalized spacial score (nSPS) is 12.2. The Kier molecular flexibility index (Phi) is 4.77. The van der Waals surface area contributed by atoms with Gasteiger partial charge in [-0.2, -0.15) is 0 Å². The first-order chi connectivity index (χ1) is 8.01. The molecule has 5 nitrogen and oxygen atoms in total. The number of carbonyl (C=O) groups excluding carboxylic acids is 1. The molecule has 0 bridgehead atoms. The van der Waals surface area contributed by atoms with Gasteiger partial charge in [0.1, 0.15) is 5.00 Å². The first-order valence-corrected chi connectivity index (χ1v) is 6.05. The molecule has 3 N–H and O–H groups in total. The fraction of sp³-hybridized carbons (Fsp3) is 0.545. The Balaban J connectivity index is 2.98. The quantitative estimate of drug-likeness (QED) is 0.763. The third-order valence-electron chi connectivity index (χ3n) is 2.22. The fourth-order valence-electron chi connectivity index (χ4n) is 1.50. The van der Waals surface area contributed by atoms with E-state index in [1.165, 1.54) is 25.4 Å². The summed E-state index contributed by atoms with van der Waals surface area (Å²) >= 11 is 1.31. The van der Waals surface area contributed by atoms with Crippen molar-refractivity contribution in [1.29, 1.82) is 0 Å². The molecule has 17 heavy (non-hydrogen) atoms. The van der Waals surface area contributed by atoms with Crippen LogP contribution in [-0.4, -0.2) is 32.7 Å². The minimum Gasteiger partial charge on any atom is -0.492 e. The molecule has 6 heteroatoms. The lowest BCUT2D eigenvalue weighted by Crippen LogP contribution is -2.20. The van der Waals surface area contributed by atoms with Gasteiger partial charge in [0.15, 0.2) is 11.5 Å². The number of methoxy groups -OCH3 is 2. The third kappa shape index (κ3) is 3.10. The number of nitrogens with two attached hydrogens (primary N) is 1. The van der Waals surface area contributed by atoms with Crippen molar-refractivity contribution in [3.8, 4) is 5.75 Å². The average Bonchev–Trinajstić information content (AvgIpc) is 2.55. The van der Waals surface area contributed by atoms with Gasteiger partial charge < -0.3 is 20.5 Å². The van der Waals surface area contributed by atoms with Crippen LogP contribution in [0.4, 0.5) is 10.7 Å². The first-order valence-electron chi connectivity index (χ1n) is 5.23. The molecule has 0 aliphatic rings. The van der Waals surface area contributed by atoms with E-state index in [-0.39, 0.29) is 11.8 Å². The van der Waals surface area contributed by atoms with Crippen molar-refractivity contribution in [3.63, 3.8) is 0 Å². The number of ether oxygens (including phenoxy) is 2. The summed E-state index contributed by atoms with van der Waals surface area (Å²) in [6.45, 7) is 4.03. The second kappa shape index (κ2) is 5.88. The van der Waals surface area contributed by atoms with E-state index in [2.05, 4.69) is 5.32 Å². The van der Waals surface area contributed by atoms with E-state index >= 15 is 0 Å². The highest BCUT2D eigenvalue weighted by Gasteiger charge is 2.20. The molecular formula is C11H18N2O3S. The standard InChI is InChI=1S/C11H18N2O3S/c1-6(5-15-3)13-11-9(16-4)8(12)10(17-11)7(2)14/h6,13H,5,12H2,1-4H3. The molecule has 0 spiro atoms. The first kappa shape index (κ1) is 13.8. The minimum atomic E-state index is -0.0572. The van der Waals surface area contributed by atoms with Gasteiger partial charge in [0.2, 0.25) is 0 Å². The van der Waals surface area contributed by atoms with Crippen molar-refractivity contribution in [2.45, 2.75) is 19.9 Å². The minimum absolute atomic E-state index is 0.0572. The predicted octanol–water partition coefficient (Wildman–Crippen LogP) is 1.99. The summed E-state index contributed by atoms with van der Waals surface area (Å²) in [4.78, 5) is 11.9. The third-order valence-corrected chi connectivity index (χ3v) is 3.44. The predicted molar refractivity (Wildman–Crippen MR) is 70.2 cm³/mol. The van der Waals surface area contributed by atoms with E-state index in [0.717, 1.165) is 5.00 Å². The van der Waals surface area contributed by atoms with Gasteiger partial charge in [0.05, 0.1) is 24.3 Å². The van der Waals surface area contributed by atoms with Crippen molar-refractivity contribution in [2.24, 2.45) is 0 Å². The van der Waals surface area contributed by atoms with Gasteiger partial charge in [0, 0.05) is 20.1 Å². The topological polar surface area (TPSA) is 73.6 Å². The Bertz CT molecular complexity index is 404. The van der Waals surface area contributed by atoms with Crippen molar-refractivity contribution in [1.82, 2.24) is 0 Å². The van der Waals surface area contributed by atoms with E-state index in [1.54, 1.807) is 7.11 Å². The van der Waals surface area contributed by atoms with Crippen LogP contribution in [-0.2, 0) is 4.74 Å². The summed E-state index contributed by atoms with van der Waals surface area (Å²) < 4.78 is 10.3. The molecule has 0 aromatic carbocycles. The van der Waals surface area contributed by atoms with Crippen molar-refractivity contribution in [2.75, 3.05) is 31.9 Å². The van der Waals surface area contributed by atoms with Crippen LogP contribution in [0.5, 0.6) is 5.75 Å². The van der Waals surface area contributed by atoms with Crippen molar-refractivity contribution >= 4 is 27.8 Å². The van der Waals surface area contributed by atoms with Crippen LogP contribution < -0.4 is 15.8 Å². The summed E-state index contributed by atoms with van der Waals surface area (Å²) in [6.07, 6.45) is 0.